The Bertz CT molecular complexity index is 176. The molecule has 0 aliphatic carbocycles. The summed E-state index contributed by atoms with van der Waals surface area (Å²) in [6, 6.07) is 0. The molecule has 1 heterocycles. The van der Waals surface area contributed by atoms with E-state index < -0.39 is 13.0 Å². The highest BCUT2D eigenvalue weighted by Gasteiger charge is 2.18. The van der Waals surface area contributed by atoms with Gasteiger partial charge in [0.05, 0.1) is 13.2 Å². The summed E-state index contributed by atoms with van der Waals surface area (Å²) in [4.78, 5) is 12.7. The van der Waals surface area contributed by atoms with Gasteiger partial charge in [0.2, 0.25) is 0 Å². The predicted octanol–water partition coefficient (Wildman–Crippen LogP) is 0.543. The van der Waals surface area contributed by atoms with E-state index in [1.165, 1.54) is 0 Å². The number of hydrogen-bond acceptors (Lipinski definition) is 3. The minimum absolute atomic E-state index is 0.217. The van der Waals surface area contributed by atoms with Crippen LogP contribution in [0.4, 0.5) is 8.78 Å². The van der Waals surface area contributed by atoms with Crippen molar-refractivity contribution >= 4 is 5.78 Å². The number of rotatable bonds is 5. The van der Waals surface area contributed by atoms with Crippen molar-refractivity contribution < 1.29 is 18.3 Å². The maximum absolute atomic E-state index is 11.6. The van der Waals surface area contributed by atoms with Crippen LogP contribution in [0.2, 0.25) is 0 Å². The Balaban J connectivity index is 1.97. The summed E-state index contributed by atoms with van der Waals surface area (Å²) in [5, 5.41) is 0. The maximum atomic E-state index is 11.6. The first-order valence-corrected chi connectivity index (χ1v) is 4.28. The zero-order chi connectivity index (χ0) is 9.68. The van der Waals surface area contributed by atoms with Crippen molar-refractivity contribution in [1.82, 2.24) is 4.90 Å². The molecule has 0 atom stereocenters. The van der Waals surface area contributed by atoms with Gasteiger partial charge in [-0.1, -0.05) is 0 Å². The van der Waals surface area contributed by atoms with Crippen molar-refractivity contribution in [1.29, 1.82) is 0 Å². The zero-order valence-corrected chi connectivity index (χ0v) is 7.34. The fourth-order valence-electron chi connectivity index (χ4n) is 1.25. The highest BCUT2D eigenvalue weighted by molar-refractivity contribution is 5.82. The number of halogens is 2. The predicted molar refractivity (Wildman–Crippen MR) is 42.9 cm³/mol. The number of carbonyl (C=O) groups excluding carboxylic acids is 1. The SMILES string of the molecule is O=C1CCN(CCOCC(F)F)C1. The molecule has 0 bridgehead atoms. The van der Waals surface area contributed by atoms with E-state index in [0.29, 0.717) is 19.5 Å². The van der Waals surface area contributed by atoms with Crippen LogP contribution in [-0.2, 0) is 9.53 Å². The molecule has 3 nitrogen and oxygen atoms in total. The van der Waals surface area contributed by atoms with Crippen molar-refractivity contribution in [2.24, 2.45) is 0 Å². The second-order valence-corrected chi connectivity index (χ2v) is 3.03. The molecule has 0 saturated carbocycles. The molecule has 0 radical (unpaired) electrons. The molecule has 1 aliphatic rings. The lowest BCUT2D eigenvalue weighted by molar-refractivity contribution is -0.117. The molecule has 0 unspecified atom stereocenters. The number of likely N-dealkylation sites (tertiary alicyclic amines) is 1. The Morgan fingerprint density at radius 2 is 2.31 bits per heavy atom. The van der Waals surface area contributed by atoms with E-state index in [9.17, 15) is 13.6 Å². The van der Waals surface area contributed by atoms with Gasteiger partial charge in [0.25, 0.3) is 6.43 Å². The average Bonchev–Trinajstić information content (AvgIpc) is 2.45. The normalized spacial score (nSPS) is 18.8. The van der Waals surface area contributed by atoms with Crippen LogP contribution in [0.1, 0.15) is 6.42 Å². The van der Waals surface area contributed by atoms with Crippen LogP contribution in [0.15, 0.2) is 0 Å². The van der Waals surface area contributed by atoms with Crippen LogP contribution in [0.5, 0.6) is 0 Å². The van der Waals surface area contributed by atoms with Gasteiger partial charge in [-0.3, -0.25) is 9.69 Å². The topological polar surface area (TPSA) is 29.5 Å². The summed E-state index contributed by atoms with van der Waals surface area (Å²) in [5.41, 5.74) is 0. The molecule has 76 valence electrons. The molecule has 13 heavy (non-hydrogen) atoms. The summed E-state index contributed by atoms with van der Waals surface area (Å²) in [6.07, 6.45) is -1.82. The lowest BCUT2D eigenvalue weighted by Crippen LogP contribution is -2.25. The van der Waals surface area contributed by atoms with Crippen LogP contribution in [0.25, 0.3) is 0 Å². The number of nitrogens with zero attached hydrogens (tertiary/aromatic N) is 1. The Morgan fingerprint density at radius 1 is 1.54 bits per heavy atom. The van der Waals surface area contributed by atoms with Gasteiger partial charge in [-0.25, -0.2) is 8.78 Å². The monoisotopic (exact) mass is 193 g/mol. The molecular formula is C8H13F2NO2. The van der Waals surface area contributed by atoms with Gasteiger partial charge in [0.1, 0.15) is 12.4 Å². The molecule has 5 heteroatoms. The minimum atomic E-state index is -2.40. The Kier molecular flexibility index (Phi) is 4.24. The number of Topliss-reactive ketones (excluding diaryl/α,β-unsaturated/α-hetero) is 1. The first kappa shape index (κ1) is 10.5. The number of hydrogen-bond donors (Lipinski definition) is 0. The van der Waals surface area contributed by atoms with Crippen LogP contribution in [-0.4, -0.2) is 50.0 Å². The second kappa shape index (κ2) is 5.24. The van der Waals surface area contributed by atoms with Gasteiger partial charge in [-0.2, -0.15) is 0 Å². The molecule has 1 fully saturated rings. The standard InChI is InChI=1S/C8H13F2NO2/c9-8(10)6-13-4-3-11-2-1-7(12)5-11/h8H,1-6H2. The van der Waals surface area contributed by atoms with Gasteiger partial charge >= 0.3 is 0 Å². The van der Waals surface area contributed by atoms with Gasteiger partial charge in [-0.05, 0) is 0 Å². The number of alkyl halides is 2. The Labute approximate surface area is 75.7 Å². The lowest BCUT2D eigenvalue weighted by atomic mass is 10.4. The van der Waals surface area contributed by atoms with Crippen molar-refractivity contribution in [3.8, 4) is 0 Å². The van der Waals surface area contributed by atoms with E-state index in [0.717, 1.165) is 6.54 Å². The molecule has 0 aromatic rings. The first-order valence-electron chi connectivity index (χ1n) is 4.28. The van der Waals surface area contributed by atoms with Gasteiger partial charge in [0, 0.05) is 19.5 Å². The van der Waals surface area contributed by atoms with Crippen molar-refractivity contribution in [2.45, 2.75) is 12.8 Å². The number of ether oxygens (including phenoxy) is 1. The zero-order valence-electron chi connectivity index (χ0n) is 7.34. The summed E-state index contributed by atoms with van der Waals surface area (Å²) in [6.45, 7) is 1.51. The third-order valence-electron chi connectivity index (χ3n) is 1.90. The quantitative estimate of drug-likeness (QED) is 0.597. The van der Waals surface area contributed by atoms with Crippen molar-refractivity contribution in [2.75, 3.05) is 32.8 Å². The van der Waals surface area contributed by atoms with E-state index in [2.05, 4.69) is 4.74 Å². The molecular weight excluding hydrogens is 180 g/mol. The van der Waals surface area contributed by atoms with E-state index >= 15 is 0 Å². The maximum Gasteiger partial charge on any atom is 0.261 e. The van der Waals surface area contributed by atoms with Crippen molar-refractivity contribution in [3.63, 3.8) is 0 Å². The molecule has 0 aromatic heterocycles. The fraction of sp³-hybridized carbons (Fsp3) is 0.875. The third-order valence-corrected chi connectivity index (χ3v) is 1.90. The van der Waals surface area contributed by atoms with Crippen LogP contribution in [0, 0.1) is 0 Å². The number of ketones is 1. The summed E-state index contributed by atoms with van der Waals surface area (Å²) >= 11 is 0. The number of carbonyl (C=O) groups is 1. The Hall–Kier alpha value is -0.550. The fourth-order valence-corrected chi connectivity index (χ4v) is 1.25. The minimum Gasteiger partial charge on any atom is -0.374 e. The van der Waals surface area contributed by atoms with Gasteiger partial charge < -0.3 is 4.74 Å². The largest absolute Gasteiger partial charge is 0.374 e. The van der Waals surface area contributed by atoms with Crippen LogP contribution >= 0.6 is 0 Å². The average molecular weight is 193 g/mol. The Morgan fingerprint density at radius 3 is 2.85 bits per heavy atom. The molecule has 0 spiro atoms. The molecule has 1 rings (SSSR count). The smallest absolute Gasteiger partial charge is 0.261 e. The molecule has 0 N–H and O–H groups in total. The molecule has 0 aromatic carbocycles. The van der Waals surface area contributed by atoms with E-state index in [1.807, 2.05) is 4.90 Å². The first-order chi connectivity index (χ1) is 6.18. The van der Waals surface area contributed by atoms with Gasteiger partial charge in [0.15, 0.2) is 0 Å². The van der Waals surface area contributed by atoms with E-state index in [1.54, 1.807) is 0 Å². The van der Waals surface area contributed by atoms with Gasteiger partial charge in [-0.15, -0.1) is 0 Å². The third kappa shape index (κ3) is 4.28. The molecule has 1 aliphatic heterocycles. The van der Waals surface area contributed by atoms with Crippen LogP contribution in [0.3, 0.4) is 0 Å². The van der Waals surface area contributed by atoms with Crippen LogP contribution < -0.4 is 0 Å². The molecule has 1 saturated heterocycles. The lowest BCUT2D eigenvalue weighted by Gasteiger charge is -2.12. The second-order valence-electron chi connectivity index (χ2n) is 3.03. The summed E-state index contributed by atoms with van der Waals surface area (Å²) in [7, 11) is 0. The highest BCUT2D eigenvalue weighted by atomic mass is 19.3. The summed E-state index contributed by atoms with van der Waals surface area (Å²) < 4.78 is 27.9. The van der Waals surface area contributed by atoms with E-state index in [-0.39, 0.29) is 12.4 Å². The molecule has 0 amide bonds. The summed E-state index contributed by atoms with van der Waals surface area (Å²) in [5.74, 6) is 0.217. The van der Waals surface area contributed by atoms with E-state index in [4.69, 9.17) is 0 Å². The van der Waals surface area contributed by atoms with Crippen molar-refractivity contribution in [3.05, 3.63) is 0 Å². The highest BCUT2D eigenvalue weighted by Crippen LogP contribution is 2.03.